The minimum atomic E-state index is -0.195. The van der Waals surface area contributed by atoms with Gasteiger partial charge in [-0.3, -0.25) is 5.84 Å². The molecule has 0 saturated carbocycles. The second kappa shape index (κ2) is 5.59. The molecule has 2 rings (SSSR count). The van der Waals surface area contributed by atoms with Gasteiger partial charge in [0.2, 0.25) is 0 Å². The minimum absolute atomic E-state index is 0.195. The van der Waals surface area contributed by atoms with Crippen LogP contribution in [0.2, 0.25) is 10.0 Å². The van der Waals surface area contributed by atoms with Gasteiger partial charge in [0.25, 0.3) is 0 Å². The van der Waals surface area contributed by atoms with Gasteiger partial charge >= 0.3 is 0 Å². The lowest BCUT2D eigenvalue weighted by molar-refractivity contribution is 0.638. The highest BCUT2D eigenvalue weighted by Crippen LogP contribution is 2.28. The molecule has 0 fully saturated rings. The fraction of sp³-hybridized carbons (Fsp3) is 0.0769. The van der Waals surface area contributed by atoms with Crippen LogP contribution < -0.4 is 17.0 Å². The minimum Gasteiger partial charge on any atom is -0.398 e. The van der Waals surface area contributed by atoms with E-state index in [1.165, 1.54) is 0 Å². The molecule has 0 saturated heterocycles. The van der Waals surface area contributed by atoms with Crippen molar-refractivity contribution in [2.45, 2.75) is 6.04 Å². The summed E-state index contributed by atoms with van der Waals surface area (Å²) in [7, 11) is 0. The van der Waals surface area contributed by atoms with Gasteiger partial charge in [0.05, 0.1) is 6.04 Å². The van der Waals surface area contributed by atoms with Gasteiger partial charge in [-0.1, -0.05) is 41.4 Å². The SMILES string of the molecule is NNC(c1ccc(Cl)cc1)c1ccc(Cl)cc1N. The Bertz CT molecular complexity index is 540. The van der Waals surface area contributed by atoms with Crippen LogP contribution in [0.1, 0.15) is 17.2 Å². The summed E-state index contributed by atoms with van der Waals surface area (Å²) in [4.78, 5) is 0. The van der Waals surface area contributed by atoms with E-state index in [-0.39, 0.29) is 6.04 Å². The predicted octanol–water partition coefficient (Wildman–Crippen LogP) is 3.13. The van der Waals surface area contributed by atoms with Crippen molar-refractivity contribution in [2.24, 2.45) is 5.84 Å². The van der Waals surface area contributed by atoms with Crippen LogP contribution in [0.4, 0.5) is 5.69 Å². The van der Waals surface area contributed by atoms with Crippen LogP contribution in [-0.2, 0) is 0 Å². The van der Waals surface area contributed by atoms with Crippen LogP contribution in [-0.4, -0.2) is 0 Å². The average Bonchev–Trinajstić information content (AvgIpc) is 2.35. The number of anilines is 1. The first-order valence-corrected chi connectivity index (χ1v) is 6.14. The summed E-state index contributed by atoms with van der Waals surface area (Å²) in [6, 6.07) is 12.6. The fourth-order valence-electron chi connectivity index (χ4n) is 1.83. The highest BCUT2D eigenvalue weighted by molar-refractivity contribution is 6.31. The summed E-state index contributed by atoms with van der Waals surface area (Å²) in [5, 5.41) is 1.28. The number of nitrogen functional groups attached to an aromatic ring is 1. The van der Waals surface area contributed by atoms with Crippen molar-refractivity contribution in [2.75, 3.05) is 5.73 Å². The normalized spacial score (nSPS) is 12.4. The Morgan fingerprint density at radius 1 is 0.944 bits per heavy atom. The number of nitrogens with two attached hydrogens (primary N) is 2. The summed E-state index contributed by atoms with van der Waals surface area (Å²) < 4.78 is 0. The van der Waals surface area contributed by atoms with E-state index < -0.39 is 0 Å². The fourth-order valence-corrected chi connectivity index (χ4v) is 2.14. The van der Waals surface area contributed by atoms with E-state index in [0.29, 0.717) is 15.7 Å². The van der Waals surface area contributed by atoms with E-state index >= 15 is 0 Å². The maximum absolute atomic E-state index is 5.96. The van der Waals surface area contributed by atoms with E-state index in [2.05, 4.69) is 5.43 Å². The Morgan fingerprint density at radius 2 is 1.56 bits per heavy atom. The van der Waals surface area contributed by atoms with E-state index in [1.807, 2.05) is 30.3 Å². The van der Waals surface area contributed by atoms with Crippen molar-refractivity contribution in [3.8, 4) is 0 Å². The molecule has 0 spiro atoms. The van der Waals surface area contributed by atoms with Gasteiger partial charge in [-0.25, -0.2) is 5.43 Å². The van der Waals surface area contributed by atoms with Crippen molar-refractivity contribution in [3.63, 3.8) is 0 Å². The van der Waals surface area contributed by atoms with Gasteiger partial charge in [0, 0.05) is 15.7 Å². The number of hydrogen-bond acceptors (Lipinski definition) is 3. The standard InChI is InChI=1S/C13H13Cl2N3/c14-9-3-1-8(2-4-9)13(18-17)11-6-5-10(15)7-12(11)16/h1-7,13,18H,16-17H2. The number of halogens is 2. The third-order valence-corrected chi connectivity index (χ3v) is 3.22. The second-order valence-corrected chi connectivity index (χ2v) is 4.80. The smallest absolute Gasteiger partial charge is 0.0730 e. The zero-order valence-electron chi connectivity index (χ0n) is 9.53. The maximum Gasteiger partial charge on any atom is 0.0730 e. The Kier molecular flexibility index (Phi) is 4.09. The number of nitrogens with one attached hydrogen (secondary N) is 1. The Morgan fingerprint density at radius 3 is 2.11 bits per heavy atom. The number of hydrogen-bond donors (Lipinski definition) is 3. The van der Waals surface area contributed by atoms with E-state index in [1.54, 1.807) is 12.1 Å². The molecule has 5 heteroatoms. The van der Waals surface area contributed by atoms with E-state index in [4.69, 9.17) is 34.8 Å². The molecule has 0 bridgehead atoms. The second-order valence-electron chi connectivity index (χ2n) is 3.92. The molecule has 0 aliphatic rings. The molecule has 0 aliphatic heterocycles. The van der Waals surface area contributed by atoms with Crippen LogP contribution in [0.25, 0.3) is 0 Å². The van der Waals surface area contributed by atoms with Crippen LogP contribution in [0.3, 0.4) is 0 Å². The van der Waals surface area contributed by atoms with Gasteiger partial charge < -0.3 is 5.73 Å². The molecule has 0 radical (unpaired) electrons. The monoisotopic (exact) mass is 281 g/mol. The van der Waals surface area contributed by atoms with Gasteiger partial charge in [0.15, 0.2) is 0 Å². The summed E-state index contributed by atoms with van der Waals surface area (Å²) in [5.41, 5.74) is 11.2. The molecule has 94 valence electrons. The van der Waals surface area contributed by atoms with Gasteiger partial charge in [0.1, 0.15) is 0 Å². The first-order chi connectivity index (χ1) is 8.61. The van der Waals surface area contributed by atoms with Gasteiger partial charge in [-0.15, -0.1) is 0 Å². The zero-order valence-corrected chi connectivity index (χ0v) is 11.0. The Balaban J connectivity index is 2.41. The third kappa shape index (κ3) is 2.76. The van der Waals surface area contributed by atoms with Crippen LogP contribution in [0.5, 0.6) is 0 Å². The largest absolute Gasteiger partial charge is 0.398 e. The lowest BCUT2D eigenvalue weighted by Gasteiger charge is -2.19. The molecule has 1 unspecified atom stereocenters. The molecular formula is C13H13Cl2N3. The van der Waals surface area contributed by atoms with Crippen molar-refractivity contribution in [3.05, 3.63) is 63.6 Å². The van der Waals surface area contributed by atoms with Crippen molar-refractivity contribution >= 4 is 28.9 Å². The van der Waals surface area contributed by atoms with Crippen LogP contribution in [0.15, 0.2) is 42.5 Å². The first kappa shape index (κ1) is 13.2. The predicted molar refractivity (Wildman–Crippen MR) is 76.5 cm³/mol. The summed E-state index contributed by atoms with van der Waals surface area (Å²) >= 11 is 11.7. The summed E-state index contributed by atoms with van der Waals surface area (Å²) in [6.45, 7) is 0. The lowest BCUT2D eigenvalue weighted by Crippen LogP contribution is -2.29. The Hall–Kier alpha value is -1.26. The number of benzene rings is 2. The average molecular weight is 282 g/mol. The molecule has 0 heterocycles. The van der Waals surface area contributed by atoms with Crippen LogP contribution in [0, 0.1) is 0 Å². The Labute approximate surface area is 116 Å². The molecular weight excluding hydrogens is 269 g/mol. The maximum atomic E-state index is 5.96. The quantitative estimate of drug-likeness (QED) is 0.460. The molecule has 2 aromatic rings. The van der Waals surface area contributed by atoms with Crippen molar-refractivity contribution in [1.29, 1.82) is 0 Å². The zero-order chi connectivity index (χ0) is 13.1. The molecule has 5 N–H and O–H groups in total. The molecule has 2 aromatic carbocycles. The van der Waals surface area contributed by atoms with Gasteiger partial charge in [-0.2, -0.15) is 0 Å². The molecule has 3 nitrogen and oxygen atoms in total. The highest BCUT2D eigenvalue weighted by Gasteiger charge is 2.15. The van der Waals surface area contributed by atoms with Crippen molar-refractivity contribution in [1.82, 2.24) is 5.43 Å². The van der Waals surface area contributed by atoms with E-state index in [0.717, 1.165) is 11.1 Å². The van der Waals surface area contributed by atoms with Gasteiger partial charge in [-0.05, 0) is 35.4 Å². The molecule has 18 heavy (non-hydrogen) atoms. The van der Waals surface area contributed by atoms with Crippen molar-refractivity contribution < 1.29 is 0 Å². The third-order valence-electron chi connectivity index (χ3n) is 2.73. The lowest BCUT2D eigenvalue weighted by atomic mass is 9.98. The molecule has 1 atom stereocenters. The molecule has 0 amide bonds. The number of hydrazine groups is 1. The summed E-state index contributed by atoms with van der Waals surface area (Å²) in [6.07, 6.45) is 0. The highest BCUT2D eigenvalue weighted by atomic mass is 35.5. The molecule has 0 aliphatic carbocycles. The molecule has 0 aromatic heterocycles. The van der Waals surface area contributed by atoms with E-state index in [9.17, 15) is 0 Å². The first-order valence-electron chi connectivity index (χ1n) is 5.38. The van der Waals surface area contributed by atoms with Crippen LogP contribution >= 0.6 is 23.2 Å². The summed E-state index contributed by atoms with van der Waals surface area (Å²) in [5.74, 6) is 5.61. The topological polar surface area (TPSA) is 64.1 Å². The number of rotatable bonds is 3.